The van der Waals surface area contributed by atoms with Crippen molar-refractivity contribution in [1.29, 1.82) is 0 Å². The maximum atomic E-state index is 12.3. The lowest BCUT2D eigenvalue weighted by atomic mass is 10.2. The number of ether oxygens (including phenoxy) is 1. The summed E-state index contributed by atoms with van der Waals surface area (Å²) in [6, 6.07) is 11.9. The number of halogens is 1. The van der Waals surface area contributed by atoms with E-state index in [1.54, 1.807) is 49.4 Å². The van der Waals surface area contributed by atoms with E-state index in [0.717, 1.165) is 5.56 Å². The van der Waals surface area contributed by atoms with Crippen LogP contribution in [-0.4, -0.2) is 23.8 Å². The van der Waals surface area contributed by atoms with E-state index in [-0.39, 0.29) is 24.9 Å². The van der Waals surface area contributed by atoms with Gasteiger partial charge in [-0.25, -0.2) is 0 Å². The molecule has 0 aromatic heterocycles. The summed E-state index contributed by atoms with van der Waals surface area (Å²) in [5.74, 6) is -0.898. The van der Waals surface area contributed by atoms with Gasteiger partial charge in [0, 0.05) is 23.6 Å². The number of para-hydroxylation sites is 1. The number of hydrogen-bond acceptors (Lipinski definition) is 4. The monoisotopic (exact) mass is 417 g/mol. The molecule has 154 valence electrons. The van der Waals surface area contributed by atoms with Crippen LogP contribution < -0.4 is 20.9 Å². The highest BCUT2D eigenvalue weighted by molar-refractivity contribution is 6.31. The highest BCUT2D eigenvalue weighted by atomic mass is 35.5. The molecular weight excluding hydrogens is 394 g/mol. The Morgan fingerprint density at radius 1 is 0.966 bits per heavy atom. The number of hydrazine groups is 1. The molecule has 0 fully saturated rings. The molecule has 0 saturated heterocycles. The van der Waals surface area contributed by atoms with E-state index in [1.807, 2.05) is 13.8 Å². The van der Waals surface area contributed by atoms with Gasteiger partial charge in [0.05, 0.1) is 11.7 Å². The van der Waals surface area contributed by atoms with Crippen molar-refractivity contribution in [1.82, 2.24) is 10.9 Å². The molecule has 0 atom stereocenters. The lowest BCUT2D eigenvalue weighted by molar-refractivity contribution is -0.124. The van der Waals surface area contributed by atoms with E-state index in [2.05, 4.69) is 16.2 Å². The molecular formula is C21H24ClN3O4. The first-order valence-electron chi connectivity index (χ1n) is 9.17. The lowest BCUT2D eigenvalue weighted by Gasteiger charge is -2.14. The van der Waals surface area contributed by atoms with Crippen molar-refractivity contribution in [3.63, 3.8) is 0 Å². The van der Waals surface area contributed by atoms with Crippen LogP contribution in [0.5, 0.6) is 5.75 Å². The third kappa shape index (κ3) is 6.80. The molecule has 29 heavy (non-hydrogen) atoms. The van der Waals surface area contributed by atoms with Crippen LogP contribution >= 0.6 is 11.6 Å². The fourth-order valence-corrected chi connectivity index (χ4v) is 2.62. The Labute approximate surface area is 174 Å². The van der Waals surface area contributed by atoms with Gasteiger partial charge in [-0.05, 0) is 50.6 Å². The summed E-state index contributed by atoms with van der Waals surface area (Å²) in [6.45, 7) is 5.50. The molecule has 3 amide bonds. The van der Waals surface area contributed by atoms with Crippen LogP contribution in [0.15, 0.2) is 42.5 Å². The zero-order valence-electron chi connectivity index (χ0n) is 16.5. The number of amides is 3. The molecule has 0 aliphatic heterocycles. The Hall–Kier alpha value is -3.06. The SMILES string of the molecule is Cc1c(Cl)cccc1NC(=O)CCC(=O)NNC(=O)c1ccccc1OC(C)C. The summed E-state index contributed by atoms with van der Waals surface area (Å²) in [6.07, 6.45) is -0.225. The Morgan fingerprint density at radius 2 is 1.66 bits per heavy atom. The van der Waals surface area contributed by atoms with Gasteiger partial charge in [0.25, 0.3) is 5.91 Å². The summed E-state index contributed by atoms with van der Waals surface area (Å²) in [4.78, 5) is 36.3. The smallest absolute Gasteiger partial charge is 0.273 e. The van der Waals surface area contributed by atoms with E-state index in [9.17, 15) is 14.4 Å². The third-order valence-corrected chi connectivity index (χ3v) is 4.34. The number of rotatable bonds is 7. The summed E-state index contributed by atoms with van der Waals surface area (Å²) in [7, 11) is 0. The van der Waals surface area contributed by atoms with Crippen molar-refractivity contribution < 1.29 is 19.1 Å². The molecule has 7 nitrogen and oxygen atoms in total. The summed E-state index contributed by atoms with van der Waals surface area (Å²) in [5.41, 5.74) is 6.29. The predicted octanol–water partition coefficient (Wildman–Crippen LogP) is 3.62. The first-order chi connectivity index (χ1) is 13.8. The lowest BCUT2D eigenvalue weighted by Crippen LogP contribution is -2.42. The van der Waals surface area contributed by atoms with Crippen molar-refractivity contribution in [3.8, 4) is 5.75 Å². The molecule has 3 N–H and O–H groups in total. The molecule has 2 rings (SSSR count). The molecule has 0 spiro atoms. The number of carbonyl (C=O) groups is 3. The van der Waals surface area contributed by atoms with E-state index >= 15 is 0 Å². The van der Waals surface area contributed by atoms with Gasteiger partial charge in [0.15, 0.2) is 0 Å². The normalized spacial score (nSPS) is 10.4. The van der Waals surface area contributed by atoms with Gasteiger partial charge in [0.2, 0.25) is 11.8 Å². The highest BCUT2D eigenvalue weighted by Gasteiger charge is 2.14. The fourth-order valence-electron chi connectivity index (χ4n) is 2.45. The van der Waals surface area contributed by atoms with Crippen molar-refractivity contribution in [2.75, 3.05) is 5.32 Å². The minimum Gasteiger partial charge on any atom is -0.490 e. The summed E-state index contributed by atoms with van der Waals surface area (Å²) in [5, 5.41) is 3.26. The Bertz CT molecular complexity index is 899. The molecule has 0 radical (unpaired) electrons. The predicted molar refractivity (Wildman–Crippen MR) is 112 cm³/mol. The molecule has 2 aromatic carbocycles. The minimum atomic E-state index is -0.506. The van der Waals surface area contributed by atoms with Crippen molar-refractivity contribution >= 4 is 35.0 Å². The number of anilines is 1. The number of benzene rings is 2. The summed E-state index contributed by atoms with van der Waals surface area (Å²) >= 11 is 6.02. The first kappa shape index (κ1) is 22.2. The minimum absolute atomic E-state index is 0.0410. The molecule has 0 aliphatic carbocycles. The number of hydrogen-bond donors (Lipinski definition) is 3. The largest absolute Gasteiger partial charge is 0.490 e. The van der Waals surface area contributed by atoms with E-state index in [4.69, 9.17) is 16.3 Å². The summed E-state index contributed by atoms with van der Waals surface area (Å²) < 4.78 is 5.59. The molecule has 2 aromatic rings. The molecule has 0 bridgehead atoms. The van der Waals surface area contributed by atoms with Gasteiger partial charge in [-0.2, -0.15) is 0 Å². The second kappa shape index (κ2) is 10.5. The van der Waals surface area contributed by atoms with Crippen molar-refractivity contribution in [3.05, 3.63) is 58.6 Å². The second-order valence-corrected chi connectivity index (χ2v) is 7.03. The highest BCUT2D eigenvalue weighted by Crippen LogP contribution is 2.23. The molecule has 0 unspecified atom stereocenters. The average molecular weight is 418 g/mol. The van der Waals surface area contributed by atoms with E-state index < -0.39 is 11.8 Å². The third-order valence-electron chi connectivity index (χ3n) is 3.93. The maximum absolute atomic E-state index is 12.3. The van der Waals surface area contributed by atoms with Crippen LogP contribution in [0.1, 0.15) is 42.6 Å². The Kier molecular flexibility index (Phi) is 8.03. The number of carbonyl (C=O) groups excluding carboxylic acids is 3. The first-order valence-corrected chi connectivity index (χ1v) is 9.55. The van der Waals surface area contributed by atoms with Crippen LogP contribution in [0.2, 0.25) is 5.02 Å². The second-order valence-electron chi connectivity index (χ2n) is 6.63. The standard InChI is InChI=1S/C21H24ClN3O4/c1-13(2)29-18-10-5-4-7-15(18)21(28)25-24-20(27)12-11-19(26)23-17-9-6-8-16(22)14(17)3/h4-10,13H,11-12H2,1-3H3,(H,23,26)(H,24,27)(H,25,28). The number of nitrogens with one attached hydrogen (secondary N) is 3. The molecule has 0 heterocycles. The van der Waals surface area contributed by atoms with E-state index in [0.29, 0.717) is 22.0 Å². The fraction of sp³-hybridized carbons (Fsp3) is 0.286. The Morgan fingerprint density at radius 3 is 2.38 bits per heavy atom. The van der Waals surface area contributed by atoms with Crippen molar-refractivity contribution in [2.45, 2.75) is 39.7 Å². The average Bonchev–Trinajstić information content (AvgIpc) is 2.68. The van der Waals surface area contributed by atoms with Gasteiger partial charge in [-0.1, -0.05) is 29.8 Å². The molecule has 8 heteroatoms. The van der Waals surface area contributed by atoms with Crippen LogP contribution in [-0.2, 0) is 9.59 Å². The van der Waals surface area contributed by atoms with E-state index in [1.165, 1.54) is 0 Å². The molecule has 0 saturated carbocycles. The van der Waals surface area contributed by atoms with Crippen LogP contribution in [0.25, 0.3) is 0 Å². The quantitative estimate of drug-likeness (QED) is 0.599. The van der Waals surface area contributed by atoms with Gasteiger partial charge in [0.1, 0.15) is 5.75 Å². The van der Waals surface area contributed by atoms with Crippen LogP contribution in [0.3, 0.4) is 0 Å². The maximum Gasteiger partial charge on any atom is 0.273 e. The van der Waals surface area contributed by atoms with Crippen molar-refractivity contribution in [2.24, 2.45) is 0 Å². The Balaban J connectivity index is 1.82. The van der Waals surface area contributed by atoms with Crippen LogP contribution in [0.4, 0.5) is 5.69 Å². The van der Waals surface area contributed by atoms with Gasteiger partial charge in [-0.3, -0.25) is 25.2 Å². The zero-order chi connectivity index (χ0) is 21.4. The topological polar surface area (TPSA) is 96.5 Å². The van der Waals surface area contributed by atoms with Gasteiger partial charge in [-0.15, -0.1) is 0 Å². The van der Waals surface area contributed by atoms with Gasteiger partial charge < -0.3 is 10.1 Å². The molecule has 0 aliphatic rings. The van der Waals surface area contributed by atoms with Gasteiger partial charge >= 0.3 is 0 Å². The zero-order valence-corrected chi connectivity index (χ0v) is 17.3. The van der Waals surface area contributed by atoms with Crippen LogP contribution in [0, 0.1) is 6.92 Å².